The number of H-pyrrole nitrogens is 1. The molecule has 0 aliphatic carbocycles. The van der Waals surface area contributed by atoms with Crippen LogP contribution >= 0.6 is 0 Å². The summed E-state index contributed by atoms with van der Waals surface area (Å²) in [4.78, 5) is 29.1. The van der Waals surface area contributed by atoms with Crippen LogP contribution in [0.2, 0.25) is 0 Å². The lowest BCUT2D eigenvalue weighted by Crippen LogP contribution is -2.28. The molecule has 0 atom stereocenters. The van der Waals surface area contributed by atoms with Crippen molar-refractivity contribution in [1.82, 2.24) is 25.3 Å². The molecule has 5 rings (SSSR count). The number of aromatic amines is 1. The van der Waals surface area contributed by atoms with Crippen LogP contribution in [0.3, 0.4) is 0 Å². The molecule has 2 aromatic carbocycles. The number of aromatic nitrogens is 4. The minimum atomic E-state index is -3.63. The molecule has 2 amide bonds. The molecule has 0 fully saturated rings. The SMILES string of the molecule is Cc1[nH]c(C=C2C(=O)Nc3ccc(S(=O)(=O)Cc4ccccc4)cc32)c(C)c1C(=O)NCCn1ccnn1. The predicted octanol–water partition coefficient (Wildman–Crippen LogP) is 3.12. The predicted molar refractivity (Wildman–Crippen MR) is 143 cm³/mol. The van der Waals surface area contributed by atoms with E-state index in [0.29, 0.717) is 58.0 Å². The number of carbonyl (C=O) groups is 2. The molecular formula is C27H26N6O4S. The zero-order chi connectivity index (χ0) is 26.9. The molecule has 2 aromatic heterocycles. The maximum atomic E-state index is 13.1. The summed E-state index contributed by atoms with van der Waals surface area (Å²) in [6, 6.07) is 13.6. The minimum absolute atomic E-state index is 0.134. The van der Waals surface area contributed by atoms with Crippen molar-refractivity contribution in [2.24, 2.45) is 0 Å². The number of benzene rings is 2. The van der Waals surface area contributed by atoms with Crippen molar-refractivity contribution in [3.8, 4) is 0 Å². The number of rotatable bonds is 8. The highest BCUT2D eigenvalue weighted by Crippen LogP contribution is 2.36. The number of fused-ring (bicyclic) bond motifs is 1. The van der Waals surface area contributed by atoms with Gasteiger partial charge in [-0.1, -0.05) is 35.5 Å². The highest BCUT2D eigenvalue weighted by molar-refractivity contribution is 7.90. The highest BCUT2D eigenvalue weighted by Gasteiger charge is 2.28. The molecule has 11 heteroatoms. The Kier molecular flexibility index (Phi) is 6.68. The number of nitrogens with zero attached hydrogens (tertiary/aromatic N) is 3. The molecule has 3 heterocycles. The number of carbonyl (C=O) groups excluding carboxylic acids is 2. The summed E-state index contributed by atoms with van der Waals surface area (Å²) in [7, 11) is -3.63. The molecule has 0 radical (unpaired) electrons. The Morgan fingerprint density at radius 3 is 2.66 bits per heavy atom. The van der Waals surface area contributed by atoms with Crippen LogP contribution in [0.25, 0.3) is 11.6 Å². The van der Waals surface area contributed by atoms with Gasteiger partial charge in [0.05, 0.1) is 34.5 Å². The van der Waals surface area contributed by atoms with Crippen molar-refractivity contribution in [2.75, 3.05) is 11.9 Å². The molecule has 10 nitrogen and oxygen atoms in total. The van der Waals surface area contributed by atoms with E-state index in [1.807, 2.05) is 6.07 Å². The van der Waals surface area contributed by atoms with Gasteiger partial charge >= 0.3 is 0 Å². The molecule has 1 aliphatic rings. The number of sulfone groups is 1. The summed E-state index contributed by atoms with van der Waals surface area (Å²) >= 11 is 0. The van der Waals surface area contributed by atoms with Gasteiger partial charge in [-0.25, -0.2) is 8.42 Å². The zero-order valence-corrected chi connectivity index (χ0v) is 21.7. The van der Waals surface area contributed by atoms with E-state index in [9.17, 15) is 18.0 Å². The summed E-state index contributed by atoms with van der Waals surface area (Å²) in [5.41, 5.74) is 4.46. The first-order chi connectivity index (χ1) is 18.2. The summed E-state index contributed by atoms with van der Waals surface area (Å²) in [5, 5.41) is 13.3. The Morgan fingerprint density at radius 2 is 1.92 bits per heavy atom. The Morgan fingerprint density at radius 1 is 1.13 bits per heavy atom. The van der Waals surface area contributed by atoms with Crippen LogP contribution in [0.5, 0.6) is 0 Å². The number of amides is 2. The second kappa shape index (κ2) is 10.1. The largest absolute Gasteiger partial charge is 0.358 e. The molecule has 194 valence electrons. The van der Waals surface area contributed by atoms with Gasteiger partial charge in [-0.3, -0.25) is 14.3 Å². The standard InChI is InChI=1S/C27H26N6O4S/c1-17-24(30-18(2)25(17)27(35)28-10-12-33-13-11-29-32-33)15-22-21-14-20(8-9-23(21)31-26(22)34)38(36,37)16-19-6-4-3-5-7-19/h3-9,11,13-15,30H,10,12,16H2,1-2H3,(H,28,35)(H,31,34). The van der Waals surface area contributed by atoms with Gasteiger partial charge in [0.15, 0.2) is 9.84 Å². The molecule has 0 saturated carbocycles. The summed E-state index contributed by atoms with van der Waals surface area (Å²) in [6.45, 7) is 4.45. The molecular weight excluding hydrogens is 504 g/mol. The van der Waals surface area contributed by atoms with Crippen LogP contribution in [0.1, 0.15) is 38.4 Å². The van der Waals surface area contributed by atoms with E-state index in [0.717, 1.165) is 0 Å². The number of hydrogen-bond acceptors (Lipinski definition) is 6. The van der Waals surface area contributed by atoms with Crippen molar-refractivity contribution >= 4 is 39.0 Å². The number of anilines is 1. The van der Waals surface area contributed by atoms with E-state index in [1.54, 1.807) is 67.3 Å². The van der Waals surface area contributed by atoms with Crippen molar-refractivity contribution in [1.29, 1.82) is 0 Å². The summed E-state index contributed by atoms with van der Waals surface area (Å²) in [5.74, 6) is -0.730. The maximum absolute atomic E-state index is 13.1. The van der Waals surface area contributed by atoms with Crippen molar-refractivity contribution in [3.05, 3.63) is 94.6 Å². The zero-order valence-electron chi connectivity index (χ0n) is 20.9. The normalized spacial score (nSPS) is 13.9. The fraction of sp³-hybridized carbons (Fsp3) is 0.185. The first kappa shape index (κ1) is 25.2. The van der Waals surface area contributed by atoms with Crippen LogP contribution in [-0.2, 0) is 26.9 Å². The van der Waals surface area contributed by atoms with Gasteiger partial charge in [-0.05, 0) is 49.2 Å². The van der Waals surface area contributed by atoms with Gasteiger partial charge in [0, 0.05) is 35.4 Å². The average Bonchev–Trinajstić information content (AvgIpc) is 3.58. The van der Waals surface area contributed by atoms with Crippen molar-refractivity contribution in [2.45, 2.75) is 31.0 Å². The Balaban J connectivity index is 1.41. The van der Waals surface area contributed by atoms with E-state index in [-0.39, 0.29) is 22.5 Å². The van der Waals surface area contributed by atoms with Crippen LogP contribution in [0.4, 0.5) is 5.69 Å². The van der Waals surface area contributed by atoms with E-state index in [4.69, 9.17) is 0 Å². The van der Waals surface area contributed by atoms with Gasteiger partial charge in [-0.2, -0.15) is 0 Å². The fourth-order valence-electron chi connectivity index (χ4n) is 4.51. The third kappa shape index (κ3) is 5.00. The smallest absolute Gasteiger partial charge is 0.256 e. The fourth-order valence-corrected chi connectivity index (χ4v) is 5.88. The second-order valence-corrected chi connectivity index (χ2v) is 11.0. The first-order valence-corrected chi connectivity index (χ1v) is 13.6. The van der Waals surface area contributed by atoms with Crippen LogP contribution in [-0.4, -0.2) is 46.8 Å². The molecule has 4 aromatic rings. The van der Waals surface area contributed by atoms with E-state index >= 15 is 0 Å². The van der Waals surface area contributed by atoms with Crippen molar-refractivity contribution in [3.63, 3.8) is 0 Å². The second-order valence-electron chi connectivity index (χ2n) is 9.05. The Bertz CT molecular complexity index is 1650. The molecule has 0 bridgehead atoms. The molecule has 0 saturated heterocycles. The van der Waals surface area contributed by atoms with Crippen LogP contribution in [0, 0.1) is 13.8 Å². The minimum Gasteiger partial charge on any atom is -0.358 e. The molecule has 3 N–H and O–H groups in total. The molecule has 1 aliphatic heterocycles. The highest BCUT2D eigenvalue weighted by atomic mass is 32.2. The third-order valence-corrected chi connectivity index (χ3v) is 8.11. The quantitative estimate of drug-likeness (QED) is 0.299. The van der Waals surface area contributed by atoms with Crippen LogP contribution in [0.15, 0.2) is 65.8 Å². The third-order valence-electron chi connectivity index (χ3n) is 6.42. The number of hydrogen-bond donors (Lipinski definition) is 3. The van der Waals surface area contributed by atoms with E-state index in [2.05, 4.69) is 25.9 Å². The van der Waals surface area contributed by atoms with E-state index in [1.165, 1.54) is 12.1 Å². The number of aryl methyl sites for hydroxylation is 1. The lowest BCUT2D eigenvalue weighted by Gasteiger charge is -2.07. The first-order valence-electron chi connectivity index (χ1n) is 12.0. The lowest BCUT2D eigenvalue weighted by atomic mass is 10.0. The summed E-state index contributed by atoms with van der Waals surface area (Å²) < 4.78 is 27.8. The average molecular weight is 531 g/mol. The van der Waals surface area contributed by atoms with Gasteiger partial charge in [0.2, 0.25) is 0 Å². The van der Waals surface area contributed by atoms with Crippen LogP contribution < -0.4 is 10.6 Å². The van der Waals surface area contributed by atoms with Crippen molar-refractivity contribution < 1.29 is 18.0 Å². The van der Waals surface area contributed by atoms with E-state index < -0.39 is 9.84 Å². The number of nitrogens with one attached hydrogen (secondary N) is 3. The Hall–Kier alpha value is -4.51. The molecule has 0 spiro atoms. The van der Waals surface area contributed by atoms with Gasteiger partial charge in [0.1, 0.15) is 0 Å². The van der Waals surface area contributed by atoms with Gasteiger partial charge < -0.3 is 15.6 Å². The molecule has 0 unspecified atom stereocenters. The maximum Gasteiger partial charge on any atom is 0.256 e. The Labute approximate surface area is 219 Å². The molecule has 38 heavy (non-hydrogen) atoms. The topological polar surface area (TPSA) is 139 Å². The van der Waals surface area contributed by atoms with Gasteiger partial charge in [-0.15, -0.1) is 5.10 Å². The summed E-state index contributed by atoms with van der Waals surface area (Å²) in [6.07, 6.45) is 4.94. The van der Waals surface area contributed by atoms with Gasteiger partial charge in [0.25, 0.3) is 11.8 Å². The lowest BCUT2D eigenvalue weighted by molar-refractivity contribution is -0.110. The monoisotopic (exact) mass is 530 g/mol.